The van der Waals surface area contributed by atoms with Crippen LogP contribution in [0.4, 0.5) is 5.69 Å². The topological polar surface area (TPSA) is 83.6 Å². The molecule has 2 N–H and O–H groups in total. The molecule has 0 saturated carbocycles. The van der Waals surface area contributed by atoms with Gasteiger partial charge in [-0.3, -0.25) is 14.9 Å². The molecule has 6 nitrogen and oxygen atoms in total. The van der Waals surface area contributed by atoms with Crippen LogP contribution in [0.5, 0.6) is 0 Å². The van der Waals surface area contributed by atoms with Gasteiger partial charge in [-0.2, -0.15) is 5.10 Å². The van der Waals surface area contributed by atoms with E-state index in [1.54, 1.807) is 0 Å². The van der Waals surface area contributed by atoms with Gasteiger partial charge in [-0.25, -0.2) is 4.98 Å². The predicted octanol–water partition coefficient (Wildman–Crippen LogP) is 4.20. The number of carbonyl (C=O) groups excluding carboxylic acids is 1. The maximum absolute atomic E-state index is 13.0. The third-order valence-corrected chi connectivity index (χ3v) is 4.31. The van der Waals surface area contributed by atoms with Gasteiger partial charge in [-0.15, -0.1) is 0 Å². The Labute approximate surface area is 156 Å². The van der Waals surface area contributed by atoms with Crippen molar-refractivity contribution in [2.24, 2.45) is 0 Å². The number of hydrogen-bond donors (Lipinski definition) is 2. The molecule has 2 aromatic carbocycles. The average molecular weight is 357 g/mol. The highest BCUT2D eigenvalue weighted by Gasteiger charge is 2.13. The minimum absolute atomic E-state index is 0.167. The molecule has 4 rings (SSSR count). The van der Waals surface area contributed by atoms with E-state index in [4.69, 9.17) is 0 Å². The van der Waals surface area contributed by atoms with Crippen LogP contribution in [0, 0.1) is 20.8 Å². The van der Waals surface area contributed by atoms with E-state index in [0.29, 0.717) is 17.1 Å². The van der Waals surface area contributed by atoms with Crippen molar-refractivity contribution in [3.8, 4) is 11.4 Å². The van der Waals surface area contributed by atoms with E-state index >= 15 is 0 Å². The molecule has 4 aromatic rings. The molecule has 27 heavy (non-hydrogen) atoms. The lowest BCUT2D eigenvalue weighted by Gasteiger charge is -2.10. The second-order valence-corrected chi connectivity index (χ2v) is 6.61. The summed E-state index contributed by atoms with van der Waals surface area (Å²) in [5, 5.41) is 10.8. The third kappa shape index (κ3) is 3.42. The van der Waals surface area contributed by atoms with Crippen molar-refractivity contribution >= 4 is 22.5 Å². The first-order valence-electron chi connectivity index (χ1n) is 8.68. The summed E-state index contributed by atoms with van der Waals surface area (Å²) in [6, 6.07) is 15.2. The van der Waals surface area contributed by atoms with Gasteiger partial charge in [0.15, 0.2) is 5.82 Å². The number of aromatic amines is 1. The number of aryl methyl sites for hydroxylation is 3. The fourth-order valence-corrected chi connectivity index (χ4v) is 3.07. The maximum Gasteiger partial charge on any atom is 0.256 e. The molecule has 1 amide bonds. The molecule has 0 unspecified atom stereocenters. The highest BCUT2D eigenvalue weighted by molar-refractivity contribution is 6.12. The first-order chi connectivity index (χ1) is 13.0. The van der Waals surface area contributed by atoms with E-state index in [-0.39, 0.29) is 5.91 Å². The molecule has 0 aliphatic heterocycles. The van der Waals surface area contributed by atoms with Crippen LogP contribution in [-0.4, -0.2) is 26.1 Å². The summed E-state index contributed by atoms with van der Waals surface area (Å²) >= 11 is 0. The van der Waals surface area contributed by atoms with E-state index in [0.717, 1.165) is 33.5 Å². The monoisotopic (exact) mass is 357 g/mol. The third-order valence-electron chi connectivity index (χ3n) is 4.31. The van der Waals surface area contributed by atoms with Gasteiger partial charge in [0, 0.05) is 22.3 Å². The summed E-state index contributed by atoms with van der Waals surface area (Å²) in [5.74, 6) is 1.18. The van der Waals surface area contributed by atoms with Crippen LogP contribution in [0.25, 0.3) is 22.3 Å². The molecule has 0 spiro atoms. The van der Waals surface area contributed by atoms with Gasteiger partial charge in [-0.05, 0) is 51.1 Å². The first-order valence-corrected chi connectivity index (χ1v) is 8.68. The van der Waals surface area contributed by atoms with E-state index in [2.05, 4.69) is 25.5 Å². The van der Waals surface area contributed by atoms with E-state index in [1.165, 1.54) is 0 Å². The Balaban J connectivity index is 1.69. The fraction of sp³-hybridized carbons (Fsp3) is 0.143. The number of anilines is 1. The summed E-state index contributed by atoms with van der Waals surface area (Å²) in [5.41, 5.74) is 4.85. The maximum atomic E-state index is 13.0. The van der Waals surface area contributed by atoms with Crippen molar-refractivity contribution in [2.75, 3.05) is 5.32 Å². The number of hydrogen-bond acceptors (Lipinski definition) is 4. The molecule has 0 aliphatic rings. The average Bonchev–Trinajstić information content (AvgIpc) is 3.08. The molecule has 2 aromatic heterocycles. The minimum atomic E-state index is -0.167. The summed E-state index contributed by atoms with van der Waals surface area (Å²) in [6.45, 7) is 5.74. The number of amides is 1. The zero-order chi connectivity index (χ0) is 19.0. The number of carbonyl (C=O) groups is 1. The number of rotatable bonds is 3. The van der Waals surface area contributed by atoms with Crippen LogP contribution in [0.15, 0.2) is 48.5 Å². The summed E-state index contributed by atoms with van der Waals surface area (Å²) in [4.78, 5) is 21.8. The van der Waals surface area contributed by atoms with Crippen LogP contribution in [0.3, 0.4) is 0 Å². The Kier molecular flexibility index (Phi) is 4.16. The minimum Gasteiger partial charge on any atom is -0.322 e. The lowest BCUT2D eigenvalue weighted by molar-refractivity contribution is 0.102. The van der Waals surface area contributed by atoms with E-state index in [1.807, 2.05) is 69.3 Å². The zero-order valence-electron chi connectivity index (χ0n) is 15.4. The Bertz CT molecular complexity index is 1160. The highest BCUT2D eigenvalue weighted by Crippen LogP contribution is 2.23. The largest absolute Gasteiger partial charge is 0.322 e. The van der Waals surface area contributed by atoms with Crippen LogP contribution in [0.2, 0.25) is 0 Å². The molecular weight excluding hydrogens is 338 g/mol. The van der Waals surface area contributed by atoms with Crippen molar-refractivity contribution in [1.29, 1.82) is 0 Å². The number of nitrogens with one attached hydrogen (secondary N) is 2. The SMILES string of the molecule is Cc1ccc2nc(C)cc(C(=O)Nc3cccc(-c4n[nH]c(C)n4)c3)c2c1. The standard InChI is InChI=1S/C21H19N5O/c1-12-7-8-19-17(9-12)18(10-13(2)22-19)21(27)24-16-6-4-5-15(11-16)20-23-14(3)25-26-20/h4-11H,1-3H3,(H,24,27)(H,23,25,26). The quantitative estimate of drug-likeness (QED) is 0.576. The van der Waals surface area contributed by atoms with Crippen molar-refractivity contribution in [1.82, 2.24) is 20.2 Å². The summed E-state index contributed by atoms with van der Waals surface area (Å²) in [7, 11) is 0. The van der Waals surface area contributed by atoms with Crippen molar-refractivity contribution in [3.63, 3.8) is 0 Å². The molecular formula is C21H19N5O. The highest BCUT2D eigenvalue weighted by atomic mass is 16.1. The van der Waals surface area contributed by atoms with Gasteiger partial charge in [0.1, 0.15) is 5.82 Å². The number of aromatic nitrogens is 4. The van der Waals surface area contributed by atoms with Crippen LogP contribution >= 0.6 is 0 Å². The van der Waals surface area contributed by atoms with E-state index in [9.17, 15) is 4.79 Å². The Morgan fingerprint density at radius 1 is 1.00 bits per heavy atom. The van der Waals surface area contributed by atoms with Crippen molar-refractivity contribution in [3.05, 3.63) is 71.2 Å². The summed E-state index contributed by atoms with van der Waals surface area (Å²) < 4.78 is 0. The molecule has 0 atom stereocenters. The smallest absolute Gasteiger partial charge is 0.256 e. The summed E-state index contributed by atoms with van der Waals surface area (Å²) in [6.07, 6.45) is 0. The van der Waals surface area contributed by atoms with Gasteiger partial charge in [-0.1, -0.05) is 23.8 Å². The van der Waals surface area contributed by atoms with Gasteiger partial charge < -0.3 is 5.32 Å². The molecule has 0 fully saturated rings. The van der Waals surface area contributed by atoms with Gasteiger partial charge in [0.05, 0.1) is 11.1 Å². The molecule has 6 heteroatoms. The normalized spacial score (nSPS) is 10.9. The van der Waals surface area contributed by atoms with Crippen LogP contribution in [0.1, 0.15) is 27.4 Å². The zero-order valence-corrected chi connectivity index (χ0v) is 15.4. The lowest BCUT2D eigenvalue weighted by atomic mass is 10.0. The number of H-pyrrole nitrogens is 1. The first kappa shape index (κ1) is 16.9. The van der Waals surface area contributed by atoms with Gasteiger partial charge in [0.2, 0.25) is 0 Å². The number of fused-ring (bicyclic) bond motifs is 1. The Hall–Kier alpha value is -3.54. The molecule has 0 saturated heterocycles. The molecule has 0 bridgehead atoms. The Morgan fingerprint density at radius 3 is 2.63 bits per heavy atom. The second-order valence-electron chi connectivity index (χ2n) is 6.61. The van der Waals surface area contributed by atoms with Crippen LogP contribution in [-0.2, 0) is 0 Å². The Morgan fingerprint density at radius 2 is 1.85 bits per heavy atom. The number of pyridine rings is 1. The predicted molar refractivity (Wildman–Crippen MR) is 106 cm³/mol. The van der Waals surface area contributed by atoms with Crippen LogP contribution < -0.4 is 5.32 Å². The molecule has 134 valence electrons. The molecule has 0 aliphatic carbocycles. The van der Waals surface area contributed by atoms with Gasteiger partial charge >= 0.3 is 0 Å². The lowest BCUT2D eigenvalue weighted by Crippen LogP contribution is -2.13. The van der Waals surface area contributed by atoms with Crippen molar-refractivity contribution < 1.29 is 4.79 Å². The number of benzene rings is 2. The van der Waals surface area contributed by atoms with E-state index < -0.39 is 0 Å². The fourth-order valence-electron chi connectivity index (χ4n) is 3.07. The second kappa shape index (κ2) is 6.64. The number of nitrogens with zero attached hydrogens (tertiary/aromatic N) is 3. The molecule has 0 radical (unpaired) electrons. The molecule has 2 heterocycles. The van der Waals surface area contributed by atoms with Gasteiger partial charge in [0.25, 0.3) is 5.91 Å². The van der Waals surface area contributed by atoms with Crippen molar-refractivity contribution in [2.45, 2.75) is 20.8 Å².